The van der Waals surface area contributed by atoms with E-state index in [-0.39, 0.29) is 0 Å². The Morgan fingerprint density at radius 1 is 0.367 bits per heavy atom. The smallest absolute Gasteiger partial charge is 0.143 e. The summed E-state index contributed by atoms with van der Waals surface area (Å²) in [6.45, 7) is 0. The van der Waals surface area contributed by atoms with Gasteiger partial charge in [0.25, 0.3) is 0 Å². The van der Waals surface area contributed by atoms with Crippen molar-refractivity contribution in [3.8, 4) is 22.3 Å². The maximum absolute atomic E-state index is 6.66. The number of hydrogen-bond donors (Lipinski definition) is 0. The van der Waals surface area contributed by atoms with Gasteiger partial charge in [-0.2, -0.15) is 0 Å². The Hall–Kier alpha value is -6.58. The maximum Gasteiger partial charge on any atom is 0.143 e. The Balaban J connectivity index is 1.23. The van der Waals surface area contributed by atoms with Crippen molar-refractivity contribution in [1.29, 1.82) is 0 Å². The van der Waals surface area contributed by atoms with Gasteiger partial charge in [-0.15, -0.1) is 0 Å². The molecule has 49 heavy (non-hydrogen) atoms. The Morgan fingerprint density at radius 2 is 1.00 bits per heavy atom. The van der Waals surface area contributed by atoms with Crippen LogP contribution in [0.1, 0.15) is 0 Å². The standard InChI is InChI=1S/C46H29NO2/c1-2-12-30(13-3-1)32-15-8-17-34(28-32)47(40-22-11-25-43-45(40)39-27-26-31-14-4-5-19-37(31)46(39)49-43)35-18-9-16-33(29-35)36-21-10-24-42-44(36)38-20-6-7-23-41(38)48-42/h1-29H. The van der Waals surface area contributed by atoms with E-state index >= 15 is 0 Å². The van der Waals surface area contributed by atoms with Crippen molar-refractivity contribution in [2.24, 2.45) is 0 Å². The number of fused-ring (bicyclic) bond motifs is 8. The fourth-order valence-electron chi connectivity index (χ4n) is 7.43. The average Bonchev–Trinajstić information content (AvgIpc) is 3.75. The Morgan fingerprint density at radius 3 is 1.86 bits per heavy atom. The Kier molecular flexibility index (Phi) is 6.18. The first-order valence-electron chi connectivity index (χ1n) is 16.6. The first kappa shape index (κ1) is 27.5. The summed E-state index contributed by atoms with van der Waals surface area (Å²) in [6.07, 6.45) is 0. The zero-order valence-corrected chi connectivity index (χ0v) is 26.5. The second-order valence-corrected chi connectivity index (χ2v) is 12.5. The molecule has 0 saturated heterocycles. The quantitative estimate of drug-likeness (QED) is 0.190. The van der Waals surface area contributed by atoms with Gasteiger partial charge in [-0.05, 0) is 82.2 Å². The first-order chi connectivity index (χ1) is 24.3. The lowest BCUT2D eigenvalue weighted by molar-refractivity contribution is 0.669. The number of rotatable bonds is 5. The van der Waals surface area contributed by atoms with E-state index in [1.54, 1.807) is 0 Å². The van der Waals surface area contributed by atoms with Crippen LogP contribution < -0.4 is 4.90 Å². The Bertz CT molecular complexity index is 2840. The molecule has 2 aromatic heterocycles. The summed E-state index contributed by atoms with van der Waals surface area (Å²) < 4.78 is 12.9. The maximum atomic E-state index is 6.66. The minimum absolute atomic E-state index is 0.860. The molecule has 0 saturated carbocycles. The molecule has 3 nitrogen and oxygen atoms in total. The molecule has 230 valence electrons. The molecular weight excluding hydrogens is 599 g/mol. The third kappa shape index (κ3) is 4.44. The third-order valence-corrected chi connectivity index (χ3v) is 9.64. The highest BCUT2D eigenvalue weighted by Gasteiger charge is 2.22. The summed E-state index contributed by atoms with van der Waals surface area (Å²) >= 11 is 0. The van der Waals surface area contributed by atoms with E-state index in [0.717, 1.165) is 88.4 Å². The van der Waals surface area contributed by atoms with Crippen LogP contribution in [0.25, 0.3) is 76.9 Å². The highest BCUT2D eigenvalue weighted by Crippen LogP contribution is 2.46. The van der Waals surface area contributed by atoms with Crippen molar-refractivity contribution in [3.05, 3.63) is 176 Å². The molecule has 10 rings (SSSR count). The summed E-state index contributed by atoms with van der Waals surface area (Å²) in [5.74, 6) is 0. The molecule has 0 amide bonds. The first-order valence-corrected chi connectivity index (χ1v) is 16.6. The Labute approximate surface area is 282 Å². The van der Waals surface area contributed by atoms with Crippen LogP contribution in [0.4, 0.5) is 17.1 Å². The van der Waals surface area contributed by atoms with Crippen LogP contribution in [-0.2, 0) is 0 Å². The van der Waals surface area contributed by atoms with Gasteiger partial charge in [0.2, 0.25) is 0 Å². The molecule has 0 unspecified atom stereocenters. The van der Waals surface area contributed by atoms with Crippen molar-refractivity contribution in [2.75, 3.05) is 4.90 Å². The van der Waals surface area contributed by atoms with Crippen LogP contribution in [0.5, 0.6) is 0 Å². The molecule has 0 fully saturated rings. The van der Waals surface area contributed by atoms with E-state index in [1.807, 2.05) is 12.1 Å². The zero-order chi connectivity index (χ0) is 32.3. The number of anilines is 3. The fraction of sp³-hybridized carbons (Fsp3) is 0. The molecule has 0 aliphatic rings. The molecule has 0 radical (unpaired) electrons. The van der Waals surface area contributed by atoms with Crippen LogP contribution in [0.15, 0.2) is 185 Å². The molecular formula is C46H29NO2. The molecule has 0 aliphatic carbocycles. The number of benzene rings is 8. The molecule has 0 spiro atoms. The summed E-state index contributed by atoms with van der Waals surface area (Å²) in [4.78, 5) is 2.37. The number of para-hydroxylation sites is 1. The number of nitrogens with zero attached hydrogens (tertiary/aromatic N) is 1. The van der Waals surface area contributed by atoms with Crippen LogP contribution in [0.2, 0.25) is 0 Å². The van der Waals surface area contributed by atoms with Crippen molar-refractivity contribution < 1.29 is 8.83 Å². The topological polar surface area (TPSA) is 29.5 Å². The van der Waals surface area contributed by atoms with E-state index in [2.05, 4.69) is 169 Å². The van der Waals surface area contributed by atoms with Gasteiger partial charge in [-0.3, -0.25) is 0 Å². The van der Waals surface area contributed by atoms with E-state index in [9.17, 15) is 0 Å². The molecule has 0 aliphatic heterocycles. The van der Waals surface area contributed by atoms with E-state index < -0.39 is 0 Å². The molecule has 0 atom stereocenters. The lowest BCUT2D eigenvalue weighted by atomic mass is 9.98. The fourth-order valence-corrected chi connectivity index (χ4v) is 7.43. The van der Waals surface area contributed by atoms with E-state index in [1.165, 1.54) is 5.56 Å². The third-order valence-electron chi connectivity index (χ3n) is 9.64. The molecule has 2 heterocycles. The number of furan rings is 2. The summed E-state index contributed by atoms with van der Waals surface area (Å²) in [6, 6.07) is 62.0. The molecule has 3 heteroatoms. The molecule has 10 aromatic rings. The monoisotopic (exact) mass is 627 g/mol. The van der Waals surface area contributed by atoms with Gasteiger partial charge in [0.15, 0.2) is 0 Å². The van der Waals surface area contributed by atoms with Crippen molar-refractivity contribution in [3.63, 3.8) is 0 Å². The molecule has 8 aromatic carbocycles. The minimum atomic E-state index is 0.860. The molecule has 0 bridgehead atoms. The second-order valence-electron chi connectivity index (χ2n) is 12.5. The largest absolute Gasteiger partial charge is 0.456 e. The van der Waals surface area contributed by atoms with Gasteiger partial charge in [-0.25, -0.2) is 0 Å². The van der Waals surface area contributed by atoms with Gasteiger partial charge < -0.3 is 13.7 Å². The molecule has 0 N–H and O–H groups in total. The van der Waals surface area contributed by atoms with E-state index in [4.69, 9.17) is 8.83 Å². The minimum Gasteiger partial charge on any atom is -0.456 e. The van der Waals surface area contributed by atoms with Gasteiger partial charge >= 0.3 is 0 Å². The predicted molar refractivity (Wildman–Crippen MR) is 204 cm³/mol. The van der Waals surface area contributed by atoms with E-state index in [0.29, 0.717) is 0 Å². The second kappa shape index (κ2) is 11.0. The van der Waals surface area contributed by atoms with Crippen LogP contribution in [0.3, 0.4) is 0 Å². The van der Waals surface area contributed by atoms with Crippen LogP contribution in [-0.4, -0.2) is 0 Å². The normalized spacial score (nSPS) is 11.7. The summed E-state index contributed by atoms with van der Waals surface area (Å²) in [7, 11) is 0. The number of hydrogen-bond acceptors (Lipinski definition) is 3. The van der Waals surface area contributed by atoms with Gasteiger partial charge in [0.05, 0.1) is 11.1 Å². The predicted octanol–water partition coefficient (Wildman–Crippen LogP) is 13.4. The average molecular weight is 628 g/mol. The van der Waals surface area contributed by atoms with Crippen LogP contribution in [0, 0.1) is 0 Å². The van der Waals surface area contributed by atoms with Crippen molar-refractivity contribution >= 4 is 71.7 Å². The highest BCUT2D eigenvalue weighted by atomic mass is 16.3. The van der Waals surface area contributed by atoms with Crippen molar-refractivity contribution in [1.82, 2.24) is 0 Å². The lowest BCUT2D eigenvalue weighted by Gasteiger charge is -2.27. The van der Waals surface area contributed by atoms with Gasteiger partial charge in [-0.1, -0.05) is 121 Å². The van der Waals surface area contributed by atoms with Gasteiger partial charge in [0, 0.05) is 32.9 Å². The van der Waals surface area contributed by atoms with Crippen molar-refractivity contribution in [2.45, 2.75) is 0 Å². The SMILES string of the molecule is c1ccc(-c2cccc(N(c3cccc(-c4cccc5oc6ccccc6c45)c3)c3cccc4oc5c6ccccc6ccc5c34)c2)cc1. The highest BCUT2D eigenvalue weighted by molar-refractivity contribution is 6.20. The van der Waals surface area contributed by atoms with Gasteiger partial charge in [0.1, 0.15) is 22.3 Å². The summed E-state index contributed by atoms with van der Waals surface area (Å²) in [5, 5.41) is 6.70. The van der Waals surface area contributed by atoms with Crippen LogP contribution >= 0.6 is 0 Å². The lowest BCUT2D eigenvalue weighted by Crippen LogP contribution is -2.10. The summed E-state index contributed by atoms with van der Waals surface area (Å²) in [5.41, 5.74) is 11.3. The zero-order valence-electron chi connectivity index (χ0n) is 26.5.